The van der Waals surface area contributed by atoms with Crippen LogP contribution in [0.4, 0.5) is 0 Å². The lowest BCUT2D eigenvalue weighted by molar-refractivity contribution is -0.136. The third-order valence-corrected chi connectivity index (χ3v) is 2.86. The highest BCUT2D eigenvalue weighted by molar-refractivity contribution is 9.10. The van der Waals surface area contributed by atoms with Gasteiger partial charge in [0.15, 0.2) is 0 Å². The van der Waals surface area contributed by atoms with Gasteiger partial charge in [-0.05, 0) is 42.0 Å². The number of benzene rings is 2. The Labute approximate surface area is 113 Å². The normalized spacial score (nSPS) is 10.1. The number of halogens is 1. The maximum atomic E-state index is 10.5. The molecule has 18 heavy (non-hydrogen) atoms. The van der Waals surface area contributed by atoms with Gasteiger partial charge in [-0.25, -0.2) is 0 Å². The number of carboxylic acids is 1. The Morgan fingerprint density at radius 1 is 1.00 bits per heavy atom. The van der Waals surface area contributed by atoms with Crippen molar-refractivity contribution < 1.29 is 14.6 Å². The van der Waals surface area contributed by atoms with E-state index in [0.29, 0.717) is 5.75 Å². The van der Waals surface area contributed by atoms with E-state index in [1.165, 1.54) is 0 Å². The standard InChI is InChI=1S/C14H11BrO3/c15-11-3-7-13(8-4-11)18-12-5-1-10(2-6-12)9-14(16)17/h1-8H,9H2,(H,16,17). The van der Waals surface area contributed by atoms with Crippen molar-refractivity contribution in [3.63, 3.8) is 0 Å². The monoisotopic (exact) mass is 306 g/mol. The Balaban J connectivity index is 2.06. The minimum absolute atomic E-state index is 0.0264. The molecule has 0 aliphatic rings. The number of carbonyl (C=O) groups is 1. The van der Waals surface area contributed by atoms with Crippen LogP contribution in [0.3, 0.4) is 0 Å². The molecule has 0 radical (unpaired) electrons. The molecule has 2 aromatic carbocycles. The van der Waals surface area contributed by atoms with Crippen LogP contribution in [0.25, 0.3) is 0 Å². The Bertz CT molecular complexity index is 532. The number of hydrogen-bond donors (Lipinski definition) is 1. The highest BCUT2D eigenvalue weighted by Crippen LogP contribution is 2.23. The lowest BCUT2D eigenvalue weighted by atomic mass is 10.1. The highest BCUT2D eigenvalue weighted by Gasteiger charge is 2.01. The predicted octanol–water partition coefficient (Wildman–Crippen LogP) is 3.87. The lowest BCUT2D eigenvalue weighted by Crippen LogP contribution is -1.99. The average molecular weight is 307 g/mol. The Morgan fingerprint density at radius 2 is 1.50 bits per heavy atom. The van der Waals surface area contributed by atoms with Gasteiger partial charge >= 0.3 is 5.97 Å². The molecule has 0 aliphatic carbocycles. The molecular formula is C14H11BrO3. The molecule has 0 spiro atoms. The molecule has 0 saturated carbocycles. The predicted molar refractivity (Wildman–Crippen MR) is 72.0 cm³/mol. The second-order valence-corrected chi connectivity index (χ2v) is 4.69. The smallest absolute Gasteiger partial charge is 0.307 e. The molecule has 0 aliphatic heterocycles. The molecule has 4 heteroatoms. The summed E-state index contributed by atoms with van der Waals surface area (Å²) in [5, 5.41) is 8.66. The highest BCUT2D eigenvalue weighted by atomic mass is 79.9. The molecule has 0 saturated heterocycles. The first kappa shape index (κ1) is 12.6. The number of aliphatic carboxylic acids is 1. The summed E-state index contributed by atoms with van der Waals surface area (Å²) in [7, 11) is 0. The van der Waals surface area contributed by atoms with Crippen LogP contribution in [0.1, 0.15) is 5.56 Å². The summed E-state index contributed by atoms with van der Waals surface area (Å²) in [5.74, 6) is 0.590. The van der Waals surface area contributed by atoms with Crippen LogP contribution < -0.4 is 4.74 Å². The second kappa shape index (κ2) is 5.69. The zero-order chi connectivity index (χ0) is 13.0. The summed E-state index contributed by atoms with van der Waals surface area (Å²) in [6, 6.07) is 14.5. The van der Waals surface area contributed by atoms with Gasteiger partial charge in [0.2, 0.25) is 0 Å². The molecule has 92 valence electrons. The van der Waals surface area contributed by atoms with Crippen molar-refractivity contribution in [2.75, 3.05) is 0 Å². The lowest BCUT2D eigenvalue weighted by Gasteiger charge is -2.06. The quantitative estimate of drug-likeness (QED) is 0.932. The first-order valence-corrected chi connectivity index (χ1v) is 6.17. The van der Waals surface area contributed by atoms with Crippen molar-refractivity contribution in [3.05, 3.63) is 58.6 Å². The van der Waals surface area contributed by atoms with E-state index in [0.717, 1.165) is 15.8 Å². The van der Waals surface area contributed by atoms with Gasteiger partial charge < -0.3 is 9.84 Å². The van der Waals surface area contributed by atoms with Crippen LogP contribution in [0.15, 0.2) is 53.0 Å². The SMILES string of the molecule is O=C(O)Cc1ccc(Oc2ccc(Br)cc2)cc1. The second-order valence-electron chi connectivity index (χ2n) is 3.77. The zero-order valence-electron chi connectivity index (χ0n) is 9.47. The molecule has 0 unspecified atom stereocenters. The summed E-state index contributed by atoms with van der Waals surface area (Å²) in [4.78, 5) is 10.5. The molecule has 0 fully saturated rings. The minimum Gasteiger partial charge on any atom is -0.481 e. The van der Waals surface area contributed by atoms with Crippen LogP contribution >= 0.6 is 15.9 Å². The summed E-state index contributed by atoms with van der Waals surface area (Å²) < 4.78 is 6.62. The molecule has 0 aromatic heterocycles. The van der Waals surface area contributed by atoms with E-state index in [1.54, 1.807) is 24.3 Å². The van der Waals surface area contributed by atoms with Gasteiger partial charge in [0.05, 0.1) is 6.42 Å². The van der Waals surface area contributed by atoms with E-state index in [2.05, 4.69) is 15.9 Å². The van der Waals surface area contributed by atoms with Gasteiger partial charge in [-0.2, -0.15) is 0 Å². The molecule has 0 atom stereocenters. The fourth-order valence-electron chi connectivity index (χ4n) is 1.49. The third-order valence-electron chi connectivity index (χ3n) is 2.33. The third kappa shape index (κ3) is 3.60. The summed E-state index contributed by atoms with van der Waals surface area (Å²) in [6.07, 6.45) is 0.0264. The Hall–Kier alpha value is -1.81. The molecule has 0 heterocycles. The fraction of sp³-hybridized carbons (Fsp3) is 0.0714. The van der Waals surface area contributed by atoms with Crippen LogP contribution in [-0.2, 0) is 11.2 Å². The van der Waals surface area contributed by atoms with Crippen molar-refractivity contribution in [3.8, 4) is 11.5 Å². The molecule has 0 bridgehead atoms. The molecule has 2 rings (SSSR count). The van der Waals surface area contributed by atoms with E-state index in [-0.39, 0.29) is 6.42 Å². The van der Waals surface area contributed by atoms with Crippen LogP contribution in [-0.4, -0.2) is 11.1 Å². The zero-order valence-corrected chi connectivity index (χ0v) is 11.1. The minimum atomic E-state index is -0.837. The summed E-state index contributed by atoms with van der Waals surface area (Å²) in [5.41, 5.74) is 0.755. The van der Waals surface area contributed by atoms with Crippen LogP contribution in [0.5, 0.6) is 11.5 Å². The van der Waals surface area contributed by atoms with E-state index < -0.39 is 5.97 Å². The van der Waals surface area contributed by atoms with Gasteiger partial charge in [0, 0.05) is 4.47 Å². The van der Waals surface area contributed by atoms with Crippen LogP contribution in [0, 0.1) is 0 Å². The van der Waals surface area contributed by atoms with E-state index in [1.807, 2.05) is 24.3 Å². The molecule has 3 nitrogen and oxygen atoms in total. The van der Waals surface area contributed by atoms with Gasteiger partial charge in [-0.1, -0.05) is 28.1 Å². The average Bonchev–Trinajstić information content (AvgIpc) is 2.34. The van der Waals surface area contributed by atoms with Crippen molar-refractivity contribution in [2.45, 2.75) is 6.42 Å². The molecular weight excluding hydrogens is 296 g/mol. The van der Waals surface area contributed by atoms with Gasteiger partial charge in [-0.15, -0.1) is 0 Å². The molecule has 2 aromatic rings. The van der Waals surface area contributed by atoms with E-state index in [9.17, 15) is 4.79 Å². The van der Waals surface area contributed by atoms with Gasteiger partial charge in [0.25, 0.3) is 0 Å². The number of ether oxygens (including phenoxy) is 1. The molecule has 0 amide bonds. The topological polar surface area (TPSA) is 46.5 Å². The maximum absolute atomic E-state index is 10.5. The van der Waals surface area contributed by atoms with E-state index in [4.69, 9.17) is 9.84 Å². The van der Waals surface area contributed by atoms with Gasteiger partial charge in [-0.3, -0.25) is 4.79 Å². The number of rotatable bonds is 4. The largest absolute Gasteiger partial charge is 0.481 e. The Kier molecular flexibility index (Phi) is 3.99. The summed E-state index contributed by atoms with van der Waals surface area (Å²) >= 11 is 3.35. The Morgan fingerprint density at radius 3 is 2.00 bits per heavy atom. The fourth-order valence-corrected chi connectivity index (χ4v) is 1.75. The van der Waals surface area contributed by atoms with Crippen molar-refractivity contribution in [1.82, 2.24) is 0 Å². The summed E-state index contributed by atoms with van der Waals surface area (Å²) in [6.45, 7) is 0. The molecule has 1 N–H and O–H groups in total. The van der Waals surface area contributed by atoms with Crippen LogP contribution in [0.2, 0.25) is 0 Å². The van der Waals surface area contributed by atoms with Gasteiger partial charge in [0.1, 0.15) is 11.5 Å². The van der Waals surface area contributed by atoms with Crippen molar-refractivity contribution in [2.24, 2.45) is 0 Å². The van der Waals surface area contributed by atoms with Crippen molar-refractivity contribution >= 4 is 21.9 Å². The maximum Gasteiger partial charge on any atom is 0.307 e. The number of hydrogen-bond acceptors (Lipinski definition) is 2. The number of carboxylic acid groups (broad SMARTS) is 1. The first-order valence-electron chi connectivity index (χ1n) is 5.37. The first-order chi connectivity index (χ1) is 8.63. The van der Waals surface area contributed by atoms with E-state index >= 15 is 0 Å². The van der Waals surface area contributed by atoms with Crippen molar-refractivity contribution in [1.29, 1.82) is 0 Å².